The van der Waals surface area contributed by atoms with E-state index in [1.165, 1.54) is 11.8 Å². The third kappa shape index (κ3) is 16.0. The number of piperidine rings is 2. The van der Waals surface area contributed by atoms with Crippen molar-refractivity contribution in [2.24, 2.45) is 5.41 Å². The highest BCUT2D eigenvalue weighted by molar-refractivity contribution is 7.99. The number of benzene rings is 2. The van der Waals surface area contributed by atoms with E-state index in [9.17, 15) is 28.8 Å². The average molecular weight is 1080 g/mol. The largest absolute Gasteiger partial charge is 0.444 e. The molecular formula is C51H68ClN11O11S. The summed E-state index contributed by atoms with van der Waals surface area (Å²) in [5, 5.41) is 20.3. The van der Waals surface area contributed by atoms with Crippen LogP contribution in [0.1, 0.15) is 85.1 Å². The molecule has 7 N–H and O–H groups in total. The first-order chi connectivity index (χ1) is 36.0. The molecule has 3 atom stereocenters. The first-order valence-electron chi connectivity index (χ1n) is 25.3. The quantitative estimate of drug-likeness (QED) is 0.0387. The molecular weight excluding hydrogens is 1010 g/mol. The van der Waals surface area contributed by atoms with E-state index >= 15 is 0 Å². The summed E-state index contributed by atoms with van der Waals surface area (Å²) in [6.07, 6.45) is 5.88. The molecule has 7 rings (SSSR count). The average Bonchev–Trinajstić information content (AvgIpc) is 3.66. The number of nitrogens with one attached hydrogen (secondary N) is 5. The lowest BCUT2D eigenvalue weighted by atomic mass is 9.73. The van der Waals surface area contributed by atoms with Crippen LogP contribution in [0, 0.1) is 5.41 Å². The Morgan fingerprint density at radius 3 is 2.36 bits per heavy atom. The van der Waals surface area contributed by atoms with Gasteiger partial charge in [0.15, 0.2) is 5.82 Å². The number of nitrogens with two attached hydrogens (primary N) is 1. The van der Waals surface area contributed by atoms with Crippen LogP contribution in [-0.2, 0) is 42.9 Å². The summed E-state index contributed by atoms with van der Waals surface area (Å²) in [5.74, 6) is -0.604. The summed E-state index contributed by atoms with van der Waals surface area (Å²) in [4.78, 5) is 86.8. The second-order valence-corrected chi connectivity index (χ2v) is 21.1. The Morgan fingerprint density at radius 1 is 0.947 bits per heavy atom. The van der Waals surface area contributed by atoms with Gasteiger partial charge in [-0.05, 0) is 90.1 Å². The van der Waals surface area contributed by atoms with E-state index in [1.54, 1.807) is 42.7 Å². The number of amides is 5. The number of aromatic nitrogens is 4. The van der Waals surface area contributed by atoms with Crippen LogP contribution >= 0.6 is 23.4 Å². The van der Waals surface area contributed by atoms with Crippen molar-refractivity contribution in [3.63, 3.8) is 0 Å². The Bertz CT molecular complexity index is 2720. The predicted molar refractivity (Wildman–Crippen MR) is 283 cm³/mol. The van der Waals surface area contributed by atoms with Crippen LogP contribution in [0.25, 0.3) is 10.8 Å². The highest BCUT2D eigenvalue weighted by Gasteiger charge is 2.50. The predicted octanol–water partition coefficient (Wildman–Crippen LogP) is 5.23. The maximum atomic E-state index is 13.0. The molecule has 406 valence electrons. The Hall–Kier alpha value is -6.11. The van der Waals surface area contributed by atoms with Crippen molar-refractivity contribution < 1.29 is 47.7 Å². The van der Waals surface area contributed by atoms with Gasteiger partial charge < -0.3 is 55.6 Å². The van der Waals surface area contributed by atoms with Gasteiger partial charge in [0.05, 0.1) is 73.7 Å². The third-order valence-corrected chi connectivity index (χ3v) is 14.5. The highest BCUT2D eigenvalue weighted by Crippen LogP contribution is 2.44. The maximum Gasteiger partial charge on any atom is 0.407 e. The fourth-order valence-electron chi connectivity index (χ4n) is 9.02. The Labute approximate surface area is 444 Å². The topological polar surface area (TPSA) is 282 Å². The van der Waals surface area contributed by atoms with Crippen molar-refractivity contribution in [3.8, 4) is 0 Å². The second kappa shape index (κ2) is 26.6. The van der Waals surface area contributed by atoms with E-state index < -0.39 is 23.6 Å². The monoisotopic (exact) mass is 1080 g/mol. The number of anilines is 4. The molecule has 2 aromatic heterocycles. The number of fused-ring (bicyclic) bond motifs is 1. The molecule has 2 aromatic carbocycles. The summed E-state index contributed by atoms with van der Waals surface area (Å²) in [6, 6.07) is 9.57. The van der Waals surface area contributed by atoms with Gasteiger partial charge in [-0.3, -0.25) is 29.3 Å². The molecule has 5 amide bonds. The number of carbonyl (C=O) groups excluding carboxylic acids is 5. The minimum Gasteiger partial charge on any atom is -0.444 e. The van der Waals surface area contributed by atoms with Crippen LogP contribution < -0.4 is 42.8 Å². The van der Waals surface area contributed by atoms with Gasteiger partial charge in [-0.25, -0.2) is 19.4 Å². The molecule has 3 saturated heterocycles. The van der Waals surface area contributed by atoms with Crippen molar-refractivity contribution in [2.45, 2.75) is 113 Å². The maximum absolute atomic E-state index is 13.0. The van der Waals surface area contributed by atoms with Crippen molar-refractivity contribution in [1.29, 1.82) is 0 Å². The van der Waals surface area contributed by atoms with Gasteiger partial charge in [0, 0.05) is 80.0 Å². The standard InChI is InChI=1S/C51H68ClN11O11S/c1-32-44(61-49(69)74-50(2,3)4)51(31-73-32)16-20-62(21-17-51)39-30-56-47(45(53)59-39)75-38-9-5-8-36(43(38)52)58-41(65)15-14-40(64)55-19-7-23-71-25-27-72-26-24-70-22-6-18-54-34-10-11-35-33(28-34)29-57-63(48(35)68)37-12-13-42(66)60-46(37)67/h5,8-11,28-30,32,37,44,54H,6-7,12-27,31H2,1-4H3,(H2,53,59)(H,55,64)(H,58,65)(H,61,69)(H,60,66,67)/t32-,37?,44+/m0/s1. The fraction of sp³-hybridized carbons (Fsp3) is 0.549. The molecule has 3 aliphatic heterocycles. The van der Waals surface area contributed by atoms with Crippen LogP contribution in [0.3, 0.4) is 0 Å². The number of nitrogens with zero attached hydrogens (tertiary/aromatic N) is 5. The van der Waals surface area contributed by atoms with Gasteiger partial charge >= 0.3 is 6.09 Å². The van der Waals surface area contributed by atoms with Crippen LogP contribution in [0.15, 0.2) is 63.5 Å². The van der Waals surface area contributed by atoms with Crippen LogP contribution in [-0.4, -0.2) is 140 Å². The van der Waals surface area contributed by atoms with Gasteiger partial charge in [-0.15, -0.1) is 0 Å². The zero-order valence-electron chi connectivity index (χ0n) is 42.9. The lowest BCUT2D eigenvalue weighted by Gasteiger charge is -2.43. The number of hydrogen-bond acceptors (Lipinski definition) is 18. The lowest BCUT2D eigenvalue weighted by Crippen LogP contribution is -2.55. The van der Waals surface area contributed by atoms with Crippen LogP contribution in [0.5, 0.6) is 0 Å². The number of alkyl carbamates (subject to hydrolysis) is 1. The van der Waals surface area contributed by atoms with Crippen LogP contribution in [0.4, 0.5) is 27.8 Å². The number of hydrogen-bond donors (Lipinski definition) is 6. The second-order valence-electron chi connectivity index (χ2n) is 19.7. The molecule has 22 nitrogen and oxygen atoms in total. The molecule has 5 heterocycles. The minimum absolute atomic E-state index is 0.00170. The Morgan fingerprint density at radius 2 is 1.65 bits per heavy atom. The number of ether oxygens (including phenoxy) is 5. The number of imide groups is 1. The molecule has 0 saturated carbocycles. The molecule has 1 spiro atoms. The smallest absolute Gasteiger partial charge is 0.407 e. The zero-order valence-corrected chi connectivity index (χ0v) is 44.4. The van der Waals surface area contributed by atoms with E-state index in [0.717, 1.165) is 29.6 Å². The summed E-state index contributed by atoms with van der Waals surface area (Å²) in [5.41, 5.74) is 6.43. The molecule has 0 radical (unpaired) electrons. The summed E-state index contributed by atoms with van der Waals surface area (Å²) in [7, 11) is 0. The first-order valence-corrected chi connectivity index (χ1v) is 26.5. The minimum atomic E-state index is -0.811. The lowest BCUT2D eigenvalue weighted by molar-refractivity contribution is -0.136. The molecule has 3 aliphatic rings. The molecule has 3 fully saturated rings. The molecule has 24 heteroatoms. The van der Waals surface area contributed by atoms with Gasteiger partial charge in [0.25, 0.3) is 11.5 Å². The van der Waals surface area contributed by atoms with E-state index in [1.807, 2.05) is 33.8 Å². The van der Waals surface area contributed by atoms with Gasteiger partial charge in [-0.1, -0.05) is 29.4 Å². The molecule has 0 bridgehead atoms. The summed E-state index contributed by atoms with van der Waals surface area (Å²) >= 11 is 7.97. The van der Waals surface area contributed by atoms with E-state index in [2.05, 4.69) is 46.6 Å². The molecule has 4 aromatic rings. The molecule has 1 unspecified atom stereocenters. The van der Waals surface area contributed by atoms with Gasteiger partial charge in [-0.2, -0.15) is 5.10 Å². The van der Waals surface area contributed by atoms with E-state index in [4.69, 9.17) is 41.0 Å². The number of carbonyl (C=O) groups is 5. The van der Waals surface area contributed by atoms with Gasteiger partial charge in [0.2, 0.25) is 17.7 Å². The summed E-state index contributed by atoms with van der Waals surface area (Å²) in [6.45, 7) is 13.1. The fourth-order valence-corrected chi connectivity index (χ4v) is 10.1. The van der Waals surface area contributed by atoms with Crippen LogP contribution in [0.2, 0.25) is 5.02 Å². The zero-order chi connectivity index (χ0) is 53.5. The number of nitrogen functional groups attached to an aromatic ring is 1. The molecule has 75 heavy (non-hydrogen) atoms. The van der Waals surface area contributed by atoms with Gasteiger partial charge in [0.1, 0.15) is 22.5 Å². The van der Waals surface area contributed by atoms with Crippen molar-refractivity contribution >= 4 is 86.9 Å². The Balaban J connectivity index is 0.701. The third-order valence-electron chi connectivity index (χ3n) is 12.9. The molecule has 0 aliphatic carbocycles. The van der Waals surface area contributed by atoms with Crippen molar-refractivity contribution in [1.82, 2.24) is 35.7 Å². The highest BCUT2D eigenvalue weighted by atomic mass is 35.5. The normalized spacial score (nSPS) is 18.5. The van der Waals surface area contributed by atoms with E-state index in [0.29, 0.717) is 116 Å². The van der Waals surface area contributed by atoms with Crippen molar-refractivity contribution in [2.75, 3.05) is 93.7 Å². The SMILES string of the molecule is C[C@@H]1OCC2(CCN(c3cnc(Sc4cccc(NC(=O)CCC(=O)NCCCOCCOCCOCCCNc5ccc6c(=O)n(C7CCC(=O)NC7=O)ncc6c5)c4Cl)c(N)n3)CC2)[C@@H]1NC(=O)OC(C)(C)C. The number of rotatable bonds is 24. The Kier molecular flexibility index (Phi) is 20.1. The van der Waals surface area contributed by atoms with Crippen molar-refractivity contribution in [3.05, 3.63) is 64.2 Å². The van der Waals surface area contributed by atoms with E-state index in [-0.39, 0.29) is 72.3 Å². The first kappa shape index (κ1) is 56.6. The summed E-state index contributed by atoms with van der Waals surface area (Å²) < 4.78 is 29.6. The number of halogens is 1.